The number of benzene rings is 1. The average molecular weight is 349 g/mol. The van der Waals surface area contributed by atoms with Gasteiger partial charge in [-0.25, -0.2) is 9.97 Å². The molecule has 0 spiro atoms. The van der Waals surface area contributed by atoms with Crippen molar-refractivity contribution in [3.05, 3.63) is 34.7 Å². The molecule has 0 aliphatic heterocycles. The Kier molecular flexibility index (Phi) is 2.73. The van der Waals surface area contributed by atoms with Crippen molar-refractivity contribution in [2.24, 2.45) is 5.73 Å². The van der Waals surface area contributed by atoms with Crippen molar-refractivity contribution < 1.29 is 0 Å². The molecule has 0 bridgehead atoms. The minimum atomic E-state index is -0.252. The monoisotopic (exact) mass is 348 g/mol. The summed E-state index contributed by atoms with van der Waals surface area (Å²) in [5, 5.41) is 0.958. The quantitative estimate of drug-likeness (QED) is 0.740. The topological polar surface area (TPSA) is 67.6 Å². The lowest BCUT2D eigenvalue weighted by atomic mass is 9.77. The first-order valence-corrected chi connectivity index (χ1v) is 8.16. The van der Waals surface area contributed by atoms with E-state index >= 15 is 0 Å². The van der Waals surface area contributed by atoms with Crippen LogP contribution >= 0.6 is 27.3 Å². The van der Waals surface area contributed by atoms with E-state index in [2.05, 4.69) is 36.9 Å². The molecule has 4 rings (SSSR count). The summed E-state index contributed by atoms with van der Waals surface area (Å²) in [6.45, 7) is 0. The molecule has 0 unspecified atom stereocenters. The first-order valence-electron chi connectivity index (χ1n) is 6.55. The Morgan fingerprint density at radius 2 is 2.20 bits per heavy atom. The number of imidazole rings is 1. The molecular formula is C14H13BrN4S. The van der Waals surface area contributed by atoms with Crippen molar-refractivity contribution in [2.45, 2.75) is 24.8 Å². The zero-order valence-electron chi connectivity index (χ0n) is 10.7. The van der Waals surface area contributed by atoms with Crippen molar-refractivity contribution in [2.75, 3.05) is 0 Å². The third kappa shape index (κ3) is 1.90. The molecule has 1 aliphatic rings. The number of H-pyrrole nitrogens is 1. The molecule has 0 saturated heterocycles. The number of rotatable bonds is 2. The number of halogens is 1. The lowest BCUT2D eigenvalue weighted by Gasteiger charge is -2.35. The van der Waals surface area contributed by atoms with Crippen LogP contribution in [-0.4, -0.2) is 15.0 Å². The number of nitrogens with zero attached hydrogens (tertiary/aromatic N) is 2. The Balaban J connectivity index is 1.75. The van der Waals surface area contributed by atoms with Crippen molar-refractivity contribution in [1.29, 1.82) is 0 Å². The number of nitrogens with one attached hydrogen (secondary N) is 1. The van der Waals surface area contributed by atoms with E-state index in [-0.39, 0.29) is 5.54 Å². The number of thiazole rings is 1. The number of aromatic amines is 1. The molecule has 3 N–H and O–H groups in total. The molecule has 2 heterocycles. The zero-order valence-corrected chi connectivity index (χ0v) is 13.1. The van der Waals surface area contributed by atoms with Gasteiger partial charge in [0.1, 0.15) is 10.8 Å². The summed E-state index contributed by atoms with van der Waals surface area (Å²) in [6.07, 6.45) is 5.04. The molecule has 1 fully saturated rings. The van der Waals surface area contributed by atoms with Crippen LogP contribution in [0.3, 0.4) is 0 Å². The highest BCUT2D eigenvalue weighted by molar-refractivity contribution is 9.10. The fraction of sp³-hybridized carbons (Fsp3) is 0.286. The van der Waals surface area contributed by atoms with Gasteiger partial charge >= 0.3 is 0 Å². The summed E-state index contributed by atoms with van der Waals surface area (Å²) in [7, 11) is 0. The smallest absolute Gasteiger partial charge is 0.142 e. The van der Waals surface area contributed by atoms with E-state index in [0.717, 1.165) is 44.1 Å². The Bertz CT molecular complexity index is 787. The van der Waals surface area contributed by atoms with E-state index in [4.69, 9.17) is 5.73 Å². The van der Waals surface area contributed by atoms with Gasteiger partial charge in [-0.3, -0.25) is 0 Å². The lowest BCUT2D eigenvalue weighted by molar-refractivity contribution is 0.240. The first kappa shape index (κ1) is 12.5. The predicted octanol–water partition coefficient (Wildman–Crippen LogP) is 3.79. The fourth-order valence-electron chi connectivity index (χ4n) is 2.49. The Hall–Kier alpha value is -1.24. The minimum absolute atomic E-state index is 0.252. The molecule has 6 heteroatoms. The lowest BCUT2D eigenvalue weighted by Crippen LogP contribution is -2.44. The van der Waals surface area contributed by atoms with Crippen LogP contribution in [-0.2, 0) is 5.54 Å². The number of hydrogen-bond acceptors (Lipinski definition) is 4. The SMILES string of the molecule is NC1(c2ncc(-c3nc4ccc(Br)cc4s3)[nH]2)CCC1. The highest BCUT2D eigenvalue weighted by atomic mass is 79.9. The first-order chi connectivity index (χ1) is 9.64. The second kappa shape index (κ2) is 4.38. The summed E-state index contributed by atoms with van der Waals surface area (Å²) in [4.78, 5) is 12.4. The van der Waals surface area contributed by atoms with Crippen LogP contribution in [0.4, 0.5) is 0 Å². The molecule has 102 valence electrons. The number of fused-ring (bicyclic) bond motifs is 1. The Morgan fingerprint density at radius 3 is 2.95 bits per heavy atom. The van der Waals surface area contributed by atoms with Gasteiger partial charge in [0.2, 0.25) is 0 Å². The summed E-state index contributed by atoms with van der Waals surface area (Å²) in [6, 6.07) is 6.12. The van der Waals surface area contributed by atoms with Gasteiger partial charge in [0.05, 0.1) is 27.6 Å². The third-order valence-corrected chi connectivity index (χ3v) is 5.42. The Morgan fingerprint density at radius 1 is 1.35 bits per heavy atom. The van der Waals surface area contributed by atoms with Gasteiger partial charge in [0, 0.05) is 4.47 Å². The van der Waals surface area contributed by atoms with Crippen LogP contribution in [0.2, 0.25) is 0 Å². The molecule has 0 atom stereocenters. The third-order valence-electron chi connectivity index (χ3n) is 3.87. The van der Waals surface area contributed by atoms with Crippen molar-refractivity contribution in [1.82, 2.24) is 15.0 Å². The maximum atomic E-state index is 6.29. The molecule has 3 aromatic rings. The second-order valence-corrected chi connectivity index (χ2v) is 7.23. The van der Waals surface area contributed by atoms with E-state index in [9.17, 15) is 0 Å². The van der Waals surface area contributed by atoms with Crippen LogP contribution < -0.4 is 5.73 Å². The predicted molar refractivity (Wildman–Crippen MR) is 84.6 cm³/mol. The summed E-state index contributed by atoms with van der Waals surface area (Å²) < 4.78 is 2.23. The van der Waals surface area contributed by atoms with Crippen molar-refractivity contribution >= 4 is 37.5 Å². The molecule has 1 aromatic carbocycles. The highest BCUT2D eigenvalue weighted by Gasteiger charge is 2.37. The van der Waals surface area contributed by atoms with Crippen molar-refractivity contribution in [3.8, 4) is 10.7 Å². The van der Waals surface area contributed by atoms with E-state index in [1.807, 2.05) is 18.3 Å². The summed E-state index contributed by atoms with van der Waals surface area (Å²) in [5.41, 5.74) is 8.00. The second-order valence-electron chi connectivity index (χ2n) is 5.29. The van der Waals surface area contributed by atoms with Crippen LogP contribution in [0.15, 0.2) is 28.9 Å². The molecule has 0 amide bonds. The number of nitrogens with two attached hydrogens (primary N) is 1. The largest absolute Gasteiger partial charge is 0.338 e. The highest BCUT2D eigenvalue weighted by Crippen LogP contribution is 2.38. The van der Waals surface area contributed by atoms with Crippen LogP contribution in [0.5, 0.6) is 0 Å². The molecule has 1 saturated carbocycles. The van der Waals surface area contributed by atoms with E-state index in [1.165, 1.54) is 6.42 Å². The maximum absolute atomic E-state index is 6.29. The van der Waals surface area contributed by atoms with Gasteiger partial charge in [-0.1, -0.05) is 15.9 Å². The van der Waals surface area contributed by atoms with Crippen LogP contribution in [0, 0.1) is 0 Å². The van der Waals surface area contributed by atoms with Crippen molar-refractivity contribution in [3.63, 3.8) is 0 Å². The van der Waals surface area contributed by atoms with Crippen LogP contribution in [0.1, 0.15) is 25.1 Å². The standard InChI is InChI=1S/C14H13BrN4S/c15-8-2-3-9-11(6-8)20-12(18-9)10-7-17-13(19-10)14(16)4-1-5-14/h2-3,6-7H,1,4-5,16H2,(H,17,19). The molecule has 4 nitrogen and oxygen atoms in total. The van der Waals surface area contributed by atoms with Gasteiger partial charge in [0.15, 0.2) is 0 Å². The van der Waals surface area contributed by atoms with Gasteiger partial charge in [-0.2, -0.15) is 0 Å². The van der Waals surface area contributed by atoms with Gasteiger partial charge in [0.25, 0.3) is 0 Å². The molecule has 1 aliphatic carbocycles. The van der Waals surface area contributed by atoms with E-state index < -0.39 is 0 Å². The van der Waals surface area contributed by atoms with Gasteiger partial charge in [-0.05, 0) is 37.5 Å². The number of aromatic nitrogens is 3. The van der Waals surface area contributed by atoms with Gasteiger partial charge < -0.3 is 10.7 Å². The normalized spacial score (nSPS) is 17.3. The molecular weight excluding hydrogens is 336 g/mol. The average Bonchev–Trinajstić information content (AvgIpc) is 3.01. The molecule has 0 radical (unpaired) electrons. The van der Waals surface area contributed by atoms with Crippen LogP contribution in [0.25, 0.3) is 20.9 Å². The Labute approximate surface area is 128 Å². The maximum Gasteiger partial charge on any atom is 0.142 e. The summed E-state index contributed by atoms with van der Waals surface area (Å²) >= 11 is 5.15. The van der Waals surface area contributed by atoms with E-state index in [1.54, 1.807) is 11.3 Å². The minimum Gasteiger partial charge on any atom is -0.338 e. The number of hydrogen-bond donors (Lipinski definition) is 2. The molecule has 2 aromatic heterocycles. The zero-order chi connectivity index (χ0) is 13.7. The van der Waals surface area contributed by atoms with E-state index in [0.29, 0.717) is 0 Å². The summed E-state index contributed by atoms with van der Waals surface area (Å²) in [5.74, 6) is 0.888. The van der Waals surface area contributed by atoms with Gasteiger partial charge in [-0.15, -0.1) is 11.3 Å². The fourth-order valence-corrected chi connectivity index (χ4v) is 3.97. The molecule has 20 heavy (non-hydrogen) atoms.